The van der Waals surface area contributed by atoms with Gasteiger partial charge in [-0.15, -0.1) is 0 Å². The Balaban J connectivity index is 1.34. The van der Waals surface area contributed by atoms with Gasteiger partial charge in [0.2, 0.25) is 17.7 Å². The van der Waals surface area contributed by atoms with Gasteiger partial charge in [0.1, 0.15) is 0 Å². The van der Waals surface area contributed by atoms with Crippen LogP contribution in [0.4, 0.5) is 0 Å². The molecule has 10 atom stereocenters. The van der Waals surface area contributed by atoms with Crippen molar-refractivity contribution in [3.05, 3.63) is 0 Å². The quantitative estimate of drug-likeness (QED) is 0.211. The lowest BCUT2D eigenvalue weighted by molar-refractivity contribution is -0.167. The van der Waals surface area contributed by atoms with Crippen LogP contribution in [0.1, 0.15) is 104 Å². The van der Waals surface area contributed by atoms with Gasteiger partial charge in [0, 0.05) is 31.8 Å². The summed E-state index contributed by atoms with van der Waals surface area (Å²) in [4.78, 5) is 35.8. The molecule has 0 saturated heterocycles. The van der Waals surface area contributed by atoms with Gasteiger partial charge in [0.05, 0.1) is 11.9 Å². The van der Waals surface area contributed by atoms with E-state index in [1.54, 1.807) is 0 Å². The van der Waals surface area contributed by atoms with E-state index in [2.05, 4.69) is 31.4 Å². The maximum absolute atomic E-state index is 12.5. The van der Waals surface area contributed by atoms with E-state index in [9.17, 15) is 27.9 Å². The summed E-state index contributed by atoms with van der Waals surface area (Å²) in [7, 11) is -4.09. The zero-order chi connectivity index (χ0) is 30.9. The van der Waals surface area contributed by atoms with Crippen LogP contribution in [0, 0.1) is 46.3 Å². The summed E-state index contributed by atoms with van der Waals surface area (Å²) in [6, 6.07) is 0.115. The maximum Gasteiger partial charge on any atom is 0.266 e. The van der Waals surface area contributed by atoms with Crippen LogP contribution in [0.2, 0.25) is 0 Å². The fraction of sp³-hybridized carbons (Fsp3) is 0.903. The first-order valence-corrected chi connectivity index (χ1v) is 17.7. The Morgan fingerprint density at radius 3 is 2.33 bits per heavy atom. The number of amides is 3. The minimum absolute atomic E-state index is 0.0192. The third kappa shape index (κ3) is 7.32. The van der Waals surface area contributed by atoms with Gasteiger partial charge in [-0.1, -0.05) is 20.8 Å². The number of hydrogen-bond acceptors (Lipinski definition) is 6. The summed E-state index contributed by atoms with van der Waals surface area (Å²) in [6.45, 7) is 7.00. The van der Waals surface area contributed by atoms with Crippen molar-refractivity contribution < 1.29 is 32.5 Å². The molecule has 3 amide bonds. The van der Waals surface area contributed by atoms with Crippen molar-refractivity contribution >= 4 is 27.8 Å². The van der Waals surface area contributed by atoms with Crippen LogP contribution in [0.15, 0.2) is 0 Å². The van der Waals surface area contributed by atoms with Crippen LogP contribution >= 0.6 is 0 Å². The van der Waals surface area contributed by atoms with E-state index in [1.165, 1.54) is 0 Å². The molecule has 4 saturated carbocycles. The van der Waals surface area contributed by atoms with Crippen molar-refractivity contribution in [1.29, 1.82) is 0 Å². The lowest BCUT2D eigenvalue weighted by Gasteiger charge is -2.62. The average Bonchev–Trinajstić information content (AvgIpc) is 3.24. The molecule has 42 heavy (non-hydrogen) atoms. The van der Waals surface area contributed by atoms with Crippen molar-refractivity contribution in [1.82, 2.24) is 10.6 Å². The second kappa shape index (κ2) is 13.1. The molecule has 4 aliphatic rings. The van der Waals surface area contributed by atoms with E-state index in [1.807, 2.05) is 0 Å². The van der Waals surface area contributed by atoms with E-state index in [0.29, 0.717) is 48.9 Å². The summed E-state index contributed by atoms with van der Waals surface area (Å²) >= 11 is 0. The zero-order valence-electron chi connectivity index (χ0n) is 25.6. The van der Waals surface area contributed by atoms with Crippen LogP contribution in [0.25, 0.3) is 0 Å². The highest BCUT2D eigenvalue weighted by Gasteiger charge is 2.62. The first kappa shape index (κ1) is 33.2. The first-order valence-electron chi connectivity index (χ1n) is 16.1. The molecule has 4 fully saturated rings. The molecule has 0 aromatic carbocycles. The Bertz CT molecular complexity index is 1120. The normalized spacial score (nSPS) is 38.5. The number of nitrogens with two attached hydrogens (primary N) is 1. The average molecular weight is 612 g/mol. The van der Waals surface area contributed by atoms with Crippen molar-refractivity contribution in [2.45, 2.75) is 116 Å². The van der Waals surface area contributed by atoms with Gasteiger partial charge >= 0.3 is 0 Å². The predicted octanol–water partition coefficient (Wildman–Crippen LogP) is 3.18. The molecule has 0 spiro atoms. The minimum atomic E-state index is -4.09. The molecule has 6 N–H and O–H groups in total. The van der Waals surface area contributed by atoms with Crippen molar-refractivity contribution in [2.75, 3.05) is 12.3 Å². The Morgan fingerprint density at radius 2 is 1.64 bits per heavy atom. The second-order valence-electron chi connectivity index (χ2n) is 14.5. The zero-order valence-corrected chi connectivity index (χ0v) is 26.5. The number of hydrogen-bond donors (Lipinski definition) is 5. The maximum atomic E-state index is 12.5. The van der Waals surface area contributed by atoms with Crippen LogP contribution in [0.3, 0.4) is 0 Å². The molecule has 0 aromatic heterocycles. The van der Waals surface area contributed by atoms with E-state index >= 15 is 0 Å². The SMILES string of the molecule is C[C@H](CCC(=O)NCCS(=O)(=O)O)[C@H]1CC[C@H]2[C@@H]3[C@@H](O)CC4C[C@H](NC(=O)CCCC(N)=O)CC[C@]4(C)[C@H]3CC[C@]12C. The van der Waals surface area contributed by atoms with E-state index < -0.39 is 15.9 Å². The molecule has 1 unspecified atom stereocenters. The molecular weight excluding hydrogens is 558 g/mol. The summed E-state index contributed by atoms with van der Waals surface area (Å²) in [5.74, 6) is 1.35. The number of aliphatic hydroxyl groups is 1. The lowest BCUT2D eigenvalue weighted by Crippen LogP contribution is -2.59. The topological polar surface area (TPSA) is 176 Å². The highest BCUT2D eigenvalue weighted by molar-refractivity contribution is 7.85. The first-order chi connectivity index (χ1) is 19.6. The molecule has 4 aliphatic carbocycles. The largest absolute Gasteiger partial charge is 0.393 e. The van der Waals surface area contributed by atoms with Gasteiger partial charge in [0.25, 0.3) is 10.1 Å². The van der Waals surface area contributed by atoms with Gasteiger partial charge in [-0.3, -0.25) is 18.9 Å². The number of aliphatic hydroxyl groups excluding tert-OH is 1. The number of carbonyl (C=O) groups is 3. The number of nitrogens with one attached hydrogen (secondary N) is 2. The molecule has 240 valence electrons. The second-order valence-corrected chi connectivity index (χ2v) is 16.1. The third-order valence-corrected chi connectivity index (χ3v) is 12.9. The highest BCUT2D eigenvalue weighted by Crippen LogP contribution is 2.68. The molecule has 11 heteroatoms. The molecule has 0 bridgehead atoms. The Hall–Kier alpha value is -1.72. The van der Waals surface area contributed by atoms with E-state index in [-0.39, 0.29) is 59.6 Å². The minimum Gasteiger partial charge on any atom is -0.393 e. The molecule has 0 aliphatic heterocycles. The monoisotopic (exact) mass is 611 g/mol. The van der Waals surface area contributed by atoms with Gasteiger partial charge in [-0.2, -0.15) is 8.42 Å². The summed E-state index contributed by atoms with van der Waals surface area (Å²) < 4.78 is 30.7. The molecule has 4 rings (SSSR count). The number of primary amides is 1. The lowest BCUT2D eigenvalue weighted by atomic mass is 9.43. The molecule has 0 heterocycles. The fourth-order valence-corrected chi connectivity index (χ4v) is 10.4. The summed E-state index contributed by atoms with van der Waals surface area (Å²) in [5, 5.41) is 17.4. The molecule has 0 radical (unpaired) electrons. The Labute approximate surface area is 251 Å². The van der Waals surface area contributed by atoms with Gasteiger partial charge in [-0.05, 0) is 111 Å². The van der Waals surface area contributed by atoms with Crippen LogP contribution in [-0.2, 0) is 24.5 Å². The highest BCUT2D eigenvalue weighted by atomic mass is 32.2. The standard InChI is InChI=1S/C31H53N3O7S/c1-19(7-10-27(37)33-15-16-42(39,40)41)22-8-9-23-29-24(12-14-31(22,23)3)30(2)13-11-21(17-20(30)18-25(29)35)34-28(38)6-4-5-26(32)36/h19-25,29,35H,4-18H2,1-3H3,(H2,32,36)(H,33,37)(H,34,38)(H,39,40,41)/t19-,20?,21-,22-,23+,24+,25+,29+,30+,31-/m1/s1. The summed E-state index contributed by atoms with van der Waals surface area (Å²) in [6.07, 6.45) is 9.85. The molecular formula is C31H53N3O7S. The van der Waals surface area contributed by atoms with Crippen LogP contribution < -0.4 is 16.4 Å². The van der Waals surface area contributed by atoms with Crippen molar-refractivity contribution in [3.8, 4) is 0 Å². The fourth-order valence-electron chi connectivity index (χ4n) is 10.0. The molecule has 10 nitrogen and oxygen atoms in total. The van der Waals surface area contributed by atoms with E-state index in [0.717, 1.165) is 57.8 Å². The van der Waals surface area contributed by atoms with Crippen molar-refractivity contribution in [2.24, 2.45) is 52.1 Å². The third-order valence-electron chi connectivity index (χ3n) is 12.1. The number of rotatable bonds is 12. The van der Waals surface area contributed by atoms with Crippen LogP contribution in [0.5, 0.6) is 0 Å². The van der Waals surface area contributed by atoms with E-state index in [4.69, 9.17) is 10.3 Å². The van der Waals surface area contributed by atoms with Gasteiger partial charge < -0.3 is 21.5 Å². The van der Waals surface area contributed by atoms with Crippen LogP contribution in [-0.4, -0.2) is 60.2 Å². The summed E-state index contributed by atoms with van der Waals surface area (Å²) in [5.41, 5.74) is 5.48. The van der Waals surface area contributed by atoms with Crippen molar-refractivity contribution in [3.63, 3.8) is 0 Å². The Kier molecular flexibility index (Phi) is 10.4. The molecule has 0 aromatic rings. The number of fused-ring (bicyclic) bond motifs is 5. The predicted molar refractivity (Wildman–Crippen MR) is 159 cm³/mol. The van der Waals surface area contributed by atoms with Gasteiger partial charge in [0.15, 0.2) is 0 Å². The Morgan fingerprint density at radius 1 is 0.952 bits per heavy atom. The number of carbonyl (C=O) groups excluding carboxylic acids is 3. The smallest absolute Gasteiger partial charge is 0.266 e. The van der Waals surface area contributed by atoms with Gasteiger partial charge in [-0.25, -0.2) is 0 Å².